The summed E-state index contributed by atoms with van der Waals surface area (Å²) in [5, 5.41) is 7.83. The second kappa shape index (κ2) is 5.54. The van der Waals surface area contributed by atoms with Crippen LogP contribution in [0.25, 0.3) is 21.5 Å². The van der Waals surface area contributed by atoms with Crippen LogP contribution in [0, 0.1) is 0 Å². The lowest BCUT2D eigenvalue weighted by atomic mass is 10.0. The molecular weight excluding hydrogens is 325 g/mol. The highest BCUT2D eigenvalue weighted by Gasteiger charge is 2.15. The van der Waals surface area contributed by atoms with Gasteiger partial charge in [0.15, 0.2) is 18.6 Å². The standard InChI is InChI=1S/C15H10O2Si4/c1-16-15-9-4-2-6-13-11(9)8-12-10(15)5-3-7-14(12)19-21-17-20-18-13/h2-8H,1H3. The second-order valence-corrected chi connectivity index (χ2v) is 10.3. The van der Waals surface area contributed by atoms with E-state index in [1.807, 2.05) is 0 Å². The van der Waals surface area contributed by atoms with Crippen LogP contribution >= 0.6 is 0 Å². The fraction of sp³-hybridized carbons (Fsp3) is 0.0667. The van der Waals surface area contributed by atoms with Crippen LogP contribution in [0.15, 0.2) is 42.5 Å². The number of hydrogen-bond acceptors (Lipinski definition) is 2. The molecule has 0 N–H and O–H groups in total. The Morgan fingerprint density at radius 1 is 0.810 bits per heavy atom. The van der Waals surface area contributed by atoms with E-state index < -0.39 is 0 Å². The average molecular weight is 335 g/mol. The van der Waals surface area contributed by atoms with Gasteiger partial charge in [-0.25, -0.2) is 0 Å². The van der Waals surface area contributed by atoms with Gasteiger partial charge < -0.3 is 8.85 Å². The molecule has 6 heteroatoms. The minimum atomic E-state index is 0.574. The molecule has 21 heavy (non-hydrogen) atoms. The summed E-state index contributed by atoms with van der Waals surface area (Å²) < 4.78 is 11.6. The summed E-state index contributed by atoms with van der Waals surface area (Å²) in [5.74, 6) is 1.01. The number of benzene rings is 3. The molecule has 0 fully saturated rings. The molecule has 2 nitrogen and oxygen atoms in total. The van der Waals surface area contributed by atoms with Gasteiger partial charge in [-0.15, -0.1) is 0 Å². The predicted octanol–water partition coefficient (Wildman–Crippen LogP) is 0.759. The van der Waals surface area contributed by atoms with Gasteiger partial charge in [-0.2, -0.15) is 0 Å². The van der Waals surface area contributed by atoms with Crippen LogP contribution in [-0.4, -0.2) is 43.7 Å². The Morgan fingerprint density at radius 3 is 1.90 bits per heavy atom. The van der Waals surface area contributed by atoms with Gasteiger partial charge in [0.05, 0.1) is 7.11 Å². The minimum absolute atomic E-state index is 0.574. The van der Waals surface area contributed by atoms with Crippen molar-refractivity contribution in [1.29, 1.82) is 0 Å². The van der Waals surface area contributed by atoms with Crippen molar-refractivity contribution in [3.8, 4) is 5.75 Å². The summed E-state index contributed by atoms with van der Waals surface area (Å²) in [6.07, 6.45) is 0. The van der Waals surface area contributed by atoms with E-state index in [-0.39, 0.29) is 0 Å². The van der Waals surface area contributed by atoms with E-state index in [0.29, 0.717) is 18.6 Å². The van der Waals surface area contributed by atoms with Crippen molar-refractivity contribution < 1.29 is 8.85 Å². The Bertz CT molecular complexity index is 771. The molecule has 4 rings (SSSR count). The number of rotatable bonds is 1. The Labute approximate surface area is 133 Å². The molecule has 3 aromatic carbocycles. The first-order valence-corrected chi connectivity index (χ1v) is 12.4. The van der Waals surface area contributed by atoms with Gasteiger partial charge in [0.1, 0.15) is 23.8 Å². The zero-order valence-electron chi connectivity index (χ0n) is 11.4. The third-order valence-electron chi connectivity index (χ3n) is 3.67. The summed E-state index contributed by atoms with van der Waals surface area (Å²) >= 11 is 0. The molecule has 0 aliphatic carbocycles. The van der Waals surface area contributed by atoms with Crippen LogP contribution in [-0.2, 0) is 4.12 Å². The third-order valence-corrected chi connectivity index (χ3v) is 10.2. The summed E-state index contributed by atoms with van der Waals surface area (Å²) in [7, 11) is 4.37. The van der Waals surface area contributed by atoms with Crippen LogP contribution in [0.3, 0.4) is 0 Å². The molecule has 0 unspecified atom stereocenters. The maximum absolute atomic E-state index is 5.86. The molecule has 3 aromatic rings. The summed E-state index contributed by atoms with van der Waals surface area (Å²) in [6.45, 7) is 0. The lowest BCUT2D eigenvalue weighted by Gasteiger charge is -2.16. The van der Waals surface area contributed by atoms with E-state index in [9.17, 15) is 0 Å². The van der Waals surface area contributed by atoms with Crippen molar-refractivity contribution in [2.24, 2.45) is 0 Å². The number of ether oxygens (including phenoxy) is 1. The quantitative estimate of drug-likeness (QED) is 0.483. The van der Waals surface area contributed by atoms with Crippen LogP contribution in [0.4, 0.5) is 0 Å². The summed E-state index contributed by atoms with van der Waals surface area (Å²) in [6, 6.07) is 15.4. The highest BCUT2D eigenvalue weighted by Crippen LogP contribution is 2.33. The maximum Gasteiger partial charge on any atom is 0.196 e. The van der Waals surface area contributed by atoms with Gasteiger partial charge in [-0.3, -0.25) is 0 Å². The first-order valence-electron chi connectivity index (χ1n) is 6.59. The van der Waals surface area contributed by atoms with Gasteiger partial charge in [-0.1, -0.05) is 46.8 Å². The fourth-order valence-corrected chi connectivity index (χ4v) is 9.35. The minimum Gasteiger partial charge on any atom is -0.495 e. The average Bonchev–Trinajstić information content (AvgIpc) is 2.53. The van der Waals surface area contributed by atoms with Gasteiger partial charge in [0.25, 0.3) is 0 Å². The predicted molar refractivity (Wildman–Crippen MR) is 91.4 cm³/mol. The molecule has 1 aliphatic heterocycles. The Balaban J connectivity index is 2.19. The Kier molecular flexibility index (Phi) is 3.55. The van der Waals surface area contributed by atoms with Crippen molar-refractivity contribution in [3.63, 3.8) is 0 Å². The highest BCUT2D eigenvalue weighted by atomic mass is 29.2. The van der Waals surface area contributed by atoms with Crippen molar-refractivity contribution in [3.05, 3.63) is 42.5 Å². The third kappa shape index (κ3) is 2.23. The Hall–Kier alpha value is -1.19. The monoisotopic (exact) mass is 334 g/mol. The maximum atomic E-state index is 5.86. The van der Waals surface area contributed by atoms with Gasteiger partial charge in [0.2, 0.25) is 0 Å². The molecular formula is C15H10O2Si4. The van der Waals surface area contributed by atoms with Crippen LogP contribution in [0.1, 0.15) is 0 Å². The van der Waals surface area contributed by atoms with E-state index in [4.69, 9.17) is 8.85 Å². The van der Waals surface area contributed by atoms with Gasteiger partial charge in [-0.05, 0) is 16.8 Å². The van der Waals surface area contributed by atoms with E-state index >= 15 is 0 Å². The number of methoxy groups -OCH3 is 1. The first-order chi connectivity index (χ1) is 10.4. The number of hydrogen-bond donors (Lipinski definition) is 0. The fourth-order valence-electron chi connectivity index (χ4n) is 2.75. The van der Waals surface area contributed by atoms with E-state index in [0.717, 1.165) is 23.8 Å². The lowest BCUT2D eigenvalue weighted by molar-refractivity contribution is 0.424. The molecule has 1 aliphatic rings. The molecule has 98 valence electrons. The Morgan fingerprint density at radius 2 is 1.38 bits per heavy atom. The molecule has 0 saturated heterocycles. The molecule has 2 bridgehead atoms. The largest absolute Gasteiger partial charge is 0.495 e. The molecule has 0 saturated carbocycles. The smallest absolute Gasteiger partial charge is 0.196 e. The van der Waals surface area contributed by atoms with Crippen LogP contribution < -0.4 is 15.1 Å². The SMILES string of the molecule is COc1c2cccc3c2cc2c(cccc12)[Si][Si]O[Si][Si]3. The van der Waals surface area contributed by atoms with Crippen molar-refractivity contribution in [1.82, 2.24) is 0 Å². The van der Waals surface area contributed by atoms with Crippen LogP contribution in [0.2, 0.25) is 0 Å². The first kappa shape index (κ1) is 13.5. The van der Waals surface area contributed by atoms with Crippen molar-refractivity contribution in [2.75, 3.05) is 7.11 Å². The zero-order chi connectivity index (χ0) is 14.2. The normalized spacial score (nSPS) is 14.9. The zero-order valence-corrected chi connectivity index (χ0v) is 15.4. The van der Waals surface area contributed by atoms with Crippen LogP contribution in [0.5, 0.6) is 5.75 Å². The topological polar surface area (TPSA) is 18.5 Å². The van der Waals surface area contributed by atoms with E-state index in [1.54, 1.807) is 7.11 Å². The highest BCUT2D eigenvalue weighted by molar-refractivity contribution is 7.12. The van der Waals surface area contributed by atoms with Crippen molar-refractivity contribution in [2.45, 2.75) is 0 Å². The van der Waals surface area contributed by atoms with E-state index in [1.165, 1.54) is 31.9 Å². The van der Waals surface area contributed by atoms with Gasteiger partial charge in [0, 0.05) is 10.8 Å². The summed E-state index contributed by atoms with van der Waals surface area (Å²) in [5.41, 5.74) is 0. The molecule has 0 spiro atoms. The summed E-state index contributed by atoms with van der Waals surface area (Å²) in [4.78, 5) is 0. The molecule has 0 amide bonds. The molecule has 0 aromatic heterocycles. The van der Waals surface area contributed by atoms with E-state index in [2.05, 4.69) is 42.5 Å². The van der Waals surface area contributed by atoms with Gasteiger partial charge >= 0.3 is 0 Å². The van der Waals surface area contributed by atoms with Crippen molar-refractivity contribution >= 4 is 68.6 Å². The molecule has 1 heterocycles. The lowest BCUT2D eigenvalue weighted by Crippen LogP contribution is -2.31. The molecule has 0 atom stereocenters. The molecule has 8 radical (unpaired) electrons. The second-order valence-electron chi connectivity index (χ2n) is 4.77.